The molecule has 0 atom stereocenters. The summed E-state index contributed by atoms with van der Waals surface area (Å²) in [6.45, 7) is 1.10. The van der Waals surface area contributed by atoms with Gasteiger partial charge in [-0.2, -0.15) is 0 Å². The molecule has 0 unspecified atom stereocenters. The fourth-order valence-corrected chi connectivity index (χ4v) is 2.74. The zero-order valence-electron chi connectivity index (χ0n) is 14.0. The zero-order chi connectivity index (χ0) is 16.5. The van der Waals surface area contributed by atoms with Gasteiger partial charge < -0.3 is 16.0 Å². The van der Waals surface area contributed by atoms with Gasteiger partial charge in [0.15, 0.2) is 5.96 Å². The summed E-state index contributed by atoms with van der Waals surface area (Å²) in [4.78, 5) is 16.0. The molecule has 5 nitrogen and oxygen atoms in total. The van der Waals surface area contributed by atoms with Crippen LogP contribution in [-0.2, 0) is 11.2 Å². The SMILES string of the molecule is CN=C(NCCNC(=O)Cc1cccc(F)c1)NC1CCCC1.I. The molecule has 0 radical (unpaired) electrons. The summed E-state index contributed by atoms with van der Waals surface area (Å²) in [5.41, 5.74) is 0.675. The van der Waals surface area contributed by atoms with Crippen molar-refractivity contribution in [2.24, 2.45) is 4.99 Å². The van der Waals surface area contributed by atoms with E-state index in [-0.39, 0.29) is 42.1 Å². The monoisotopic (exact) mass is 448 g/mol. The minimum absolute atomic E-state index is 0. The van der Waals surface area contributed by atoms with Crippen LogP contribution in [0.4, 0.5) is 4.39 Å². The zero-order valence-corrected chi connectivity index (χ0v) is 16.3. The highest BCUT2D eigenvalue weighted by Gasteiger charge is 2.15. The summed E-state index contributed by atoms with van der Waals surface area (Å²) in [6, 6.07) is 6.61. The van der Waals surface area contributed by atoms with E-state index >= 15 is 0 Å². The Bertz CT molecular complexity index is 547. The highest BCUT2D eigenvalue weighted by molar-refractivity contribution is 14.0. The number of benzene rings is 1. The van der Waals surface area contributed by atoms with Crippen LogP contribution in [0.25, 0.3) is 0 Å². The molecule has 1 aliphatic rings. The molecule has 1 aliphatic carbocycles. The standard InChI is InChI=1S/C17H25FN4O.HI/c1-19-17(22-15-7-2-3-8-15)21-10-9-20-16(23)12-13-5-4-6-14(18)11-13;/h4-6,11,15H,2-3,7-10,12H2,1H3,(H,20,23)(H2,19,21,22);1H. The predicted octanol–water partition coefficient (Wildman–Crippen LogP) is 2.21. The van der Waals surface area contributed by atoms with Crippen molar-refractivity contribution in [1.82, 2.24) is 16.0 Å². The van der Waals surface area contributed by atoms with E-state index < -0.39 is 0 Å². The molecule has 3 N–H and O–H groups in total. The van der Waals surface area contributed by atoms with Gasteiger partial charge in [-0.05, 0) is 30.5 Å². The maximum absolute atomic E-state index is 13.1. The normalized spacial score (nSPS) is 14.8. The fraction of sp³-hybridized carbons (Fsp3) is 0.529. The molecule has 1 aromatic carbocycles. The van der Waals surface area contributed by atoms with Crippen LogP contribution in [0, 0.1) is 5.82 Å². The number of hydrogen-bond donors (Lipinski definition) is 3. The van der Waals surface area contributed by atoms with Gasteiger partial charge in [0.1, 0.15) is 5.82 Å². The first-order valence-corrected chi connectivity index (χ1v) is 8.15. The molecular formula is C17H26FIN4O. The Morgan fingerprint density at radius 1 is 1.25 bits per heavy atom. The number of nitrogens with zero attached hydrogens (tertiary/aromatic N) is 1. The average Bonchev–Trinajstić information content (AvgIpc) is 3.03. The van der Waals surface area contributed by atoms with Crippen molar-refractivity contribution in [2.75, 3.05) is 20.1 Å². The van der Waals surface area contributed by atoms with Crippen molar-refractivity contribution < 1.29 is 9.18 Å². The second-order valence-corrected chi connectivity index (χ2v) is 5.78. The first-order valence-electron chi connectivity index (χ1n) is 8.15. The van der Waals surface area contributed by atoms with E-state index in [4.69, 9.17) is 0 Å². The first-order chi connectivity index (χ1) is 11.2. The Hall–Kier alpha value is -1.38. The van der Waals surface area contributed by atoms with E-state index in [9.17, 15) is 9.18 Å². The molecule has 0 heterocycles. The Morgan fingerprint density at radius 3 is 2.62 bits per heavy atom. The van der Waals surface area contributed by atoms with Gasteiger partial charge in [0.2, 0.25) is 5.91 Å². The van der Waals surface area contributed by atoms with Gasteiger partial charge in [0.05, 0.1) is 6.42 Å². The third-order valence-electron chi connectivity index (χ3n) is 3.91. The molecule has 24 heavy (non-hydrogen) atoms. The Balaban J connectivity index is 0.00000288. The number of rotatable bonds is 6. The summed E-state index contributed by atoms with van der Waals surface area (Å²) < 4.78 is 13.1. The van der Waals surface area contributed by atoms with Gasteiger partial charge >= 0.3 is 0 Å². The number of carbonyl (C=O) groups excluding carboxylic acids is 1. The van der Waals surface area contributed by atoms with Crippen LogP contribution in [0.2, 0.25) is 0 Å². The lowest BCUT2D eigenvalue weighted by atomic mass is 10.1. The Kier molecular flexibility index (Phi) is 9.66. The van der Waals surface area contributed by atoms with Gasteiger partial charge in [0.25, 0.3) is 0 Å². The molecule has 1 aromatic rings. The number of guanidine groups is 1. The summed E-state index contributed by atoms with van der Waals surface area (Å²) in [7, 11) is 1.74. The second-order valence-electron chi connectivity index (χ2n) is 5.78. The Labute approximate surface area is 159 Å². The molecule has 2 rings (SSSR count). The minimum Gasteiger partial charge on any atom is -0.355 e. The molecule has 0 saturated heterocycles. The van der Waals surface area contributed by atoms with Crippen LogP contribution >= 0.6 is 24.0 Å². The van der Waals surface area contributed by atoms with Crippen LogP contribution < -0.4 is 16.0 Å². The molecule has 1 amide bonds. The highest BCUT2D eigenvalue weighted by atomic mass is 127. The van der Waals surface area contributed by atoms with Crippen LogP contribution in [0.5, 0.6) is 0 Å². The van der Waals surface area contributed by atoms with Crippen molar-refractivity contribution in [3.05, 3.63) is 35.6 Å². The fourth-order valence-electron chi connectivity index (χ4n) is 2.74. The van der Waals surface area contributed by atoms with E-state index in [1.54, 1.807) is 19.2 Å². The second kappa shape index (κ2) is 11.2. The van der Waals surface area contributed by atoms with E-state index in [1.165, 1.54) is 37.8 Å². The maximum Gasteiger partial charge on any atom is 0.224 e. The summed E-state index contributed by atoms with van der Waals surface area (Å²) >= 11 is 0. The van der Waals surface area contributed by atoms with Gasteiger partial charge in [-0.25, -0.2) is 4.39 Å². The number of nitrogens with one attached hydrogen (secondary N) is 3. The number of amides is 1. The smallest absolute Gasteiger partial charge is 0.224 e. The molecule has 0 aromatic heterocycles. The van der Waals surface area contributed by atoms with Crippen molar-refractivity contribution >= 4 is 35.8 Å². The highest BCUT2D eigenvalue weighted by Crippen LogP contribution is 2.17. The molecule has 0 bridgehead atoms. The predicted molar refractivity (Wildman–Crippen MR) is 105 cm³/mol. The average molecular weight is 448 g/mol. The maximum atomic E-state index is 13.1. The molecule has 1 saturated carbocycles. The van der Waals surface area contributed by atoms with Crippen LogP contribution in [0.15, 0.2) is 29.3 Å². The van der Waals surface area contributed by atoms with E-state index in [0.29, 0.717) is 24.7 Å². The molecule has 134 valence electrons. The van der Waals surface area contributed by atoms with Gasteiger partial charge in [-0.1, -0.05) is 25.0 Å². The third-order valence-corrected chi connectivity index (χ3v) is 3.91. The molecule has 1 fully saturated rings. The first kappa shape index (κ1) is 20.7. The largest absolute Gasteiger partial charge is 0.355 e. The van der Waals surface area contributed by atoms with Crippen molar-refractivity contribution in [1.29, 1.82) is 0 Å². The topological polar surface area (TPSA) is 65.5 Å². The molecule has 0 spiro atoms. The minimum atomic E-state index is -0.321. The molecular weight excluding hydrogens is 422 g/mol. The van der Waals surface area contributed by atoms with E-state index in [1.807, 2.05) is 0 Å². The van der Waals surface area contributed by atoms with Gasteiger partial charge in [-0.15, -0.1) is 24.0 Å². The van der Waals surface area contributed by atoms with Gasteiger partial charge in [0, 0.05) is 26.2 Å². The summed E-state index contributed by atoms with van der Waals surface area (Å²) in [5.74, 6) is 0.339. The van der Waals surface area contributed by atoms with Crippen LogP contribution in [0.3, 0.4) is 0 Å². The van der Waals surface area contributed by atoms with E-state index in [2.05, 4.69) is 20.9 Å². The summed E-state index contributed by atoms with van der Waals surface area (Å²) in [5, 5.41) is 9.39. The van der Waals surface area contributed by atoms with Crippen molar-refractivity contribution in [2.45, 2.75) is 38.1 Å². The Morgan fingerprint density at radius 2 is 1.96 bits per heavy atom. The van der Waals surface area contributed by atoms with Crippen LogP contribution in [0.1, 0.15) is 31.2 Å². The quantitative estimate of drug-likeness (QED) is 0.271. The number of halogens is 2. The molecule has 7 heteroatoms. The summed E-state index contributed by atoms with van der Waals surface area (Å²) in [6.07, 6.45) is 5.10. The van der Waals surface area contributed by atoms with Crippen molar-refractivity contribution in [3.63, 3.8) is 0 Å². The van der Waals surface area contributed by atoms with Crippen molar-refractivity contribution in [3.8, 4) is 0 Å². The molecule has 0 aliphatic heterocycles. The number of aliphatic imine (C=N–C) groups is 1. The lowest BCUT2D eigenvalue weighted by Crippen LogP contribution is -2.45. The number of carbonyl (C=O) groups is 1. The van der Waals surface area contributed by atoms with E-state index in [0.717, 1.165) is 5.96 Å². The van der Waals surface area contributed by atoms with Gasteiger partial charge in [-0.3, -0.25) is 9.79 Å². The lowest BCUT2D eigenvalue weighted by molar-refractivity contribution is -0.120. The third kappa shape index (κ3) is 7.46. The van der Waals surface area contributed by atoms with Crippen LogP contribution in [-0.4, -0.2) is 38.0 Å². The number of hydrogen-bond acceptors (Lipinski definition) is 2. The lowest BCUT2D eigenvalue weighted by Gasteiger charge is -2.16.